The Hall–Kier alpha value is -2.59. The molecule has 31 heavy (non-hydrogen) atoms. The highest BCUT2D eigenvalue weighted by Crippen LogP contribution is 2.35. The maximum atomic E-state index is 12.5. The first-order valence-electron chi connectivity index (χ1n) is 10.2. The standard InChI is InChI=1S/C21H25N5O3S2/c1-28-15-8-7-14(11-16(15)29-2)24-17(27)12-30-20-18-19(22-13-23-20)25-21(31-18)26-9-5-3-4-6-10-26/h7-8,11,13H,3-6,9-10,12H2,1-2H3,(H,24,27). The van der Waals surface area contributed by atoms with E-state index in [1.807, 2.05) is 0 Å². The molecule has 10 heteroatoms. The van der Waals surface area contributed by atoms with Crippen LogP contribution in [0.4, 0.5) is 10.8 Å². The lowest BCUT2D eigenvalue weighted by Gasteiger charge is -2.18. The van der Waals surface area contributed by atoms with E-state index >= 15 is 0 Å². The molecule has 3 aromatic rings. The number of carbonyl (C=O) groups is 1. The van der Waals surface area contributed by atoms with E-state index in [1.165, 1.54) is 43.8 Å². The average molecular weight is 460 g/mol. The number of hydrogen-bond donors (Lipinski definition) is 1. The molecule has 4 rings (SSSR count). The van der Waals surface area contributed by atoms with E-state index in [1.54, 1.807) is 43.8 Å². The number of methoxy groups -OCH3 is 2. The molecule has 0 spiro atoms. The fourth-order valence-electron chi connectivity index (χ4n) is 3.47. The fraction of sp³-hybridized carbons (Fsp3) is 0.429. The lowest BCUT2D eigenvalue weighted by molar-refractivity contribution is -0.113. The fourth-order valence-corrected chi connectivity index (χ4v) is 5.41. The van der Waals surface area contributed by atoms with Crippen LogP contribution in [0.25, 0.3) is 10.3 Å². The number of nitrogens with zero attached hydrogens (tertiary/aromatic N) is 4. The number of thioether (sulfide) groups is 1. The van der Waals surface area contributed by atoms with Crippen molar-refractivity contribution in [1.82, 2.24) is 15.0 Å². The second kappa shape index (κ2) is 10.1. The number of thiazole rings is 1. The summed E-state index contributed by atoms with van der Waals surface area (Å²) in [5, 5.41) is 4.67. The summed E-state index contributed by atoms with van der Waals surface area (Å²) in [6.45, 7) is 2.06. The smallest absolute Gasteiger partial charge is 0.234 e. The van der Waals surface area contributed by atoms with Gasteiger partial charge in [0.25, 0.3) is 0 Å². The monoisotopic (exact) mass is 459 g/mol. The highest BCUT2D eigenvalue weighted by Gasteiger charge is 2.18. The van der Waals surface area contributed by atoms with Gasteiger partial charge < -0.3 is 19.7 Å². The van der Waals surface area contributed by atoms with Gasteiger partial charge in [0.15, 0.2) is 22.3 Å². The highest BCUT2D eigenvalue weighted by molar-refractivity contribution is 8.00. The van der Waals surface area contributed by atoms with Crippen LogP contribution >= 0.6 is 23.1 Å². The summed E-state index contributed by atoms with van der Waals surface area (Å²) in [7, 11) is 3.14. The quantitative estimate of drug-likeness (QED) is 0.415. The third kappa shape index (κ3) is 5.19. The molecule has 0 saturated carbocycles. The molecule has 1 fully saturated rings. The van der Waals surface area contributed by atoms with Gasteiger partial charge in [0.2, 0.25) is 5.91 Å². The van der Waals surface area contributed by atoms with Crippen molar-refractivity contribution in [1.29, 1.82) is 0 Å². The second-order valence-corrected chi connectivity index (χ2v) is 9.08. The molecule has 0 aliphatic carbocycles. The van der Waals surface area contributed by atoms with Crippen molar-refractivity contribution in [2.24, 2.45) is 0 Å². The lowest BCUT2D eigenvalue weighted by atomic mass is 10.2. The lowest BCUT2D eigenvalue weighted by Crippen LogP contribution is -2.23. The summed E-state index contributed by atoms with van der Waals surface area (Å²) in [5.41, 5.74) is 1.35. The molecule has 164 valence electrons. The number of fused-ring (bicyclic) bond motifs is 1. The Balaban J connectivity index is 1.43. The number of rotatable bonds is 7. The summed E-state index contributed by atoms with van der Waals surface area (Å²) in [6, 6.07) is 5.28. The number of carbonyl (C=O) groups excluding carboxylic acids is 1. The van der Waals surface area contributed by atoms with Crippen LogP contribution in [0.3, 0.4) is 0 Å². The van der Waals surface area contributed by atoms with Crippen LogP contribution in [-0.4, -0.2) is 53.9 Å². The maximum absolute atomic E-state index is 12.5. The molecule has 0 atom stereocenters. The molecule has 1 amide bonds. The Morgan fingerprint density at radius 3 is 2.65 bits per heavy atom. The van der Waals surface area contributed by atoms with E-state index in [9.17, 15) is 4.79 Å². The average Bonchev–Trinajstić information content (AvgIpc) is 3.04. The van der Waals surface area contributed by atoms with Crippen molar-refractivity contribution in [3.05, 3.63) is 24.5 Å². The van der Waals surface area contributed by atoms with E-state index in [-0.39, 0.29) is 11.7 Å². The van der Waals surface area contributed by atoms with Crippen LogP contribution in [-0.2, 0) is 4.79 Å². The van der Waals surface area contributed by atoms with Gasteiger partial charge in [-0.1, -0.05) is 35.9 Å². The van der Waals surface area contributed by atoms with Crippen molar-refractivity contribution < 1.29 is 14.3 Å². The SMILES string of the molecule is COc1ccc(NC(=O)CSc2ncnc3nc(N4CCCCCC4)sc23)cc1OC. The van der Waals surface area contributed by atoms with Crippen molar-refractivity contribution in [3.63, 3.8) is 0 Å². The Kier molecular flexibility index (Phi) is 7.08. The first-order valence-corrected chi connectivity index (χ1v) is 12.0. The molecule has 1 aromatic carbocycles. The van der Waals surface area contributed by atoms with E-state index in [0.29, 0.717) is 22.8 Å². The van der Waals surface area contributed by atoms with E-state index < -0.39 is 0 Å². The number of aromatic nitrogens is 3. The molecule has 0 bridgehead atoms. The van der Waals surface area contributed by atoms with E-state index in [2.05, 4.69) is 20.2 Å². The van der Waals surface area contributed by atoms with E-state index in [4.69, 9.17) is 14.5 Å². The molecule has 0 radical (unpaired) electrons. The number of amides is 1. The van der Waals surface area contributed by atoms with Crippen LogP contribution in [0.1, 0.15) is 25.7 Å². The van der Waals surface area contributed by atoms with E-state index in [0.717, 1.165) is 27.9 Å². The normalized spacial score (nSPS) is 14.3. The number of hydrogen-bond acceptors (Lipinski definition) is 9. The van der Waals surface area contributed by atoms with Crippen LogP contribution < -0.4 is 19.7 Å². The third-order valence-electron chi connectivity index (χ3n) is 5.03. The number of ether oxygens (including phenoxy) is 2. The third-order valence-corrected chi connectivity index (χ3v) is 7.26. The molecule has 1 aliphatic rings. The number of benzene rings is 1. The minimum absolute atomic E-state index is 0.124. The molecule has 0 unspecified atom stereocenters. The van der Waals surface area contributed by atoms with Crippen molar-refractivity contribution >= 4 is 50.2 Å². The molecular weight excluding hydrogens is 434 g/mol. The predicted molar refractivity (Wildman–Crippen MR) is 125 cm³/mol. The predicted octanol–water partition coefficient (Wildman–Crippen LogP) is 4.21. The molecule has 1 aliphatic heterocycles. The van der Waals surface area contributed by atoms with Gasteiger partial charge in [0.1, 0.15) is 16.1 Å². The summed E-state index contributed by atoms with van der Waals surface area (Å²) in [4.78, 5) is 28.3. The van der Waals surface area contributed by atoms with Gasteiger partial charge >= 0.3 is 0 Å². The largest absolute Gasteiger partial charge is 0.493 e. The van der Waals surface area contributed by atoms with Crippen LogP contribution in [0.15, 0.2) is 29.6 Å². The zero-order valence-electron chi connectivity index (χ0n) is 17.6. The molecular formula is C21H25N5O3S2. The molecule has 1 N–H and O–H groups in total. The molecule has 3 heterocycles. The maximum Gasteiger partial charge on any atom is 0.234 e. The number of anilines is 2. The van der Waals surface area contributed by atoms with Crippen molar-refractivity contribution in [2.45, 2.75) is 30.7 Å². The van der Waals surface area contributed by atoms with Crippen LogP contribution in [0.2, 0.25) is 0 Å². The minimum Gasteiger partial charge on any atom is -0.493 e. The summed E-state index contributed by atoms with van der Waals surface area (Å²) < 4.78 is 11.5. The second-order valence-electron chi connectivity index (χ2n) is 7.14. The summed E-state index contributed by atoms with van der Waals surface area (Å²) in [5.74, 6) is 1.29. The zero-order chi connectivity index (χ0) is 21.6. The molecule has 8 nitrogen and oxygen atoms in total. The summed E-state index contributed by atoms with van der Waals surface area (Å²) >= 11 is 3.00. The van der Waals surface area contributed by atoms with Crippen molar-refractivity contribution in [2.75, 3.05) is 43.3 Å². The topological polar surface area (TPSA) is 89.5 Å². The Morgan fingerprint density at radius 1 is 1.13 bits per heavy atom. The Morgan fingerprint density at radius 2 is 1.90 bits per heavy atom. The van der Waals surface area contributed by atoms with Gasteiger partial charge in [-0.3, -0.25) is 4.79 Å². The Bertz CT molecular complexity index is 1050. The molecule has 1 saturated heterocycles. The van der Waals surface area contributed by atoms with Gasteiger partial charge in [-0.2, -0.15) is 4.98 Å². The number of nitrogens with one attached hydrogen (secondary N) is 1. The van der Waals surface area contributed by atoms with Gasteiger partial charge in [0.05, 0.1) is 20.0 Å². The first kappa shape index (κ1) is 21.6. The van der Waals surface area contributed by atoms with Gasteiger partial charge in [0, 0.05) is 24.8 Å². The van der Waals surface area contributed by atoms with Gasteiger partial charge in [-0.15, -0.1) is 0 Å². The zero-order valence-corrected chi connectivity index (χ0v) is 19.2. The van der Waals surface area contributed by atoms with Gasteiger partial charge in [-0.25, -0.2) is 9.97 Å². The summed E-state index contributed by atoms with van der Waals surface area (Å²) in [6.07, 6.45) is 6.46. The van der Waals surface area contributed by atoms with Gasteiger partial charge in [-0.05, 0) is 25.0 Å². The van der Waals surface area contributed by atoms with Crippen molar-refractivity contribution in [3.8, 4) is 11.5 Å². The van der Waals surface area contributed by atoms with Crippen LogP contribution in [0.5, 0.6) is 11.5 Å². The molecule has 2 aromatic heterocycles. The minimum atomic E-state index is -0.124. The first-order chi connectivity index (χ1) is 15.2. The Labute approximate surface area is 189 Å². The highest BCUT2D eigenvalue weighted by atomic mass is 32.2. The van der Waals surface area contributed by atoms with Crippen LogP contribution in [0, 0.1) is 0 Å².